The van der Waals surface area contributed by atoms with Crippen LogP contribution in [0.25, 0.3) is 0 Å². The number of furan rings is 1. The number of carbonyl (C=O) groups is 1. The summed E-state index contributed by atoms with van der Waals surface area (Å²) in [5.74, 6) is 0.911. The molecule has 1 rings (SSSR count). The van der Waals surface area contributed by atoms with Gasteiger partial charge in [0.1, 0.15) is 5.76 Å². The third-order valence-corrected chi connectivity index (χ3v) is 3.39. The fourth-order valence-corrected chi connectivity index (χ4v) is 1.74. The molecule has 0 aliphatic rings. The number of aliphatic hydroxyl groups is 1. The first-order chi connectivity index (χ1) is 9.03. The van der Waals surface area contributed by atoms with Crippen molar-refractivity contribution in [3.63, 3.8) is 0 Å². The number of likely N-dealkylation sites (N-methyl/N-ethyl adjacent to an activating group) is 1. The molecular formula is C14H24N2O3. The second-order valence-corrected chi connectivity index (χ2v) is 4.68. The first-order valence-electron chi connectivity index (χ1n) is 6.72. The highest BCUT2D eigenvalue weighted by Gasteiger charge is 2.20. The lowest BCUT2D eigenvalue weighted by molar-refractivity contribution is 0.0647. The Morgan fingerprint density at radius 1 is 1.37 bits per heavy atom. The number of aliphatic hydroxyl groups excluding tert-OH is 1. The molecule has 0 saturated carbocycles. The van der Waals surface area contributed by atoms with Gasteiger partial charge in [-0.2, -0.15) is 0 Å². The van der Waals surface area contributed by atoms with E-state index in [1.807, 2.05) is 6.07 Å². The standard InChI is InChI=1S/C14H24N2O3/c1-5-16(6-2)9-12-7-8-13(19-12)14(18)15(4)11(3)10-17/h7-8,11,17H,5-6,9-10H2,1-4H3. The van der Waals surface area contributed by atoms with Crippen LogP contribution in [0.2, 0.25) is 0 Å². The van der Waals surface area contributed by atoms with Gasteiger partial charge in [-0.05, 0) is 32.1 Å². The lowest BCUT2D eigenvalue weighted by atomic mass is 10.3. The molecule has 1 N–H and O–H groups in total. The van der Waals surface area contributed by atoms with E-state index in [4.69, 9.17) is 9.52 Å². The van der Waals surface area contributed by atoms with Gasteiger partial charge in [0.2, 0.25) is 0 Å². The molecule has 0 radical (unpaired) electrons. The van der Waals surface area contributed by atoms with Gasteiger partial charge in [0.25, 0.3) is 5.91 Å². The van der Waals surface area contributed by atoms with E-state index in [9.17, 15) is 4.79 Å². The normalized spacial score (nSPS) is 12.7. The van der Waals surface area contributed by atoms with Crippen LogP contribution in [0.4, 0.5) is 0 Å². The minimum Gasteiger partial charge on any atom is -0.455 e. The Kier molecular flexibility index (Phi) is 6.05. The third kappa shape index (κ3) is 4.08. The highest BCUT2D eigenvalue weighted by Crippen LogP contribution is 2.13. The summed E-state index contributed by atoms with van der Waals surface area (Å²) in [5.41, 5.74) is 0. The largest absolute Gasteiger partial charge is 0.455 e. The summed E-state index contributed by atoms with van der Waals surface area (Å²) in [7, 11) is 1.66. The maximum absolute atomic E-state index is 12.1. The molecule has 108 valence electrons. The van der Waals surface area contributed by atoms with Crippen molar-refractivity contribution >= 4 is 5.91 Å². The summed E-state index contributed by atoms with van der Waals surface area (Å²) in [5, 5.41) is 9.06. The highest BCUT2D eigenvalue weighted by atomic mass is 16.4. The number of nitrogens with zero attached hydrogens (tertiary/aromatic N) is 2. The highest BCUT2D eigenvalue weighted by molar-refractivity contribution is 5.91. The molecule has 19 heavy (non-hydrogen) atoms. The van der Waals surface area contributed by atoms with E-state index >= 15 is 0 Å². The SMILES string of the molecule is CCN(CC)Cc1ccc(C(=O)N(C)C(C)CO)o1. The van der Waals surface area contributed by atoms with Gasteiger partial charge < -0.3 is 14.4 Å². The van der Waals surface area contributed by atoms with E-state index in [2.05, 4.69) is 18.7 Å². The number of hydrogen-bond donors (Lipinski definition) is 1. The molecule has 1 unspecified atom stereocenters. The lowest BCUT2D eigenvalue weighted by Gasteiger charge is -2.21. The number of rotatable bonds is 7. The van der Waals surface area contributed by atoms with Gasteiger partial charge in [0.05, 0.1) is 19.2 Å². The number of hydrogen-bond acceptors (Lipinski definition) is 4. The molecule has 0 aliphatic carbocycles. The Morgan fingerprint density at radius 2 is 2.00 bits per heavy atom. The molecule has 1 aromatic heterocycles. The van der Waals surface area contributed by atoms with Crippen LogP contribution in [-0.4, -0.2) is 53.6 Å². The molecule has 5 heteroatoms. The van der Waals surface area contributed by atoms with Gasteiger partial charge in [0, 0.05) is 7.05 Å². The monoisotopic (exact) mass is 268 g/mol. The topological polar surface area (TPSA) is 56.9 Å². The van der Waals surface area contributed by atoms with Gasteiger partial charge >= 0.3 is 0 Å². The first-order valence-corrected chi connectivity index (χ1v) is 6.72. The molecule has 0 bridgehead atoms. The van der Waals surface area contributed by atoms with E-state index in [1.54, 1.807) is 20.0 Å². The van der Waals surface area contributed by atoms with Gasteiger partial charge in [-0.3, -0.25) is 9.69 Å². The Hall–Kier alpha value is -1.33. The summed E-state index contributed by atoms with van der Waals surface area (Å²) in [6.07, 6.45) is 0. The molecule has 0 spiro atoms. The number of carbonyl (C=O) groups excluding carboxylic acids is 1. The molecular weight excluding hydrogens is 244 g/mol. The molecule has 1 atom stereocenters. The van der Waals surface area contributed by atoms with Crippen LogP contribution in [0.15, 0.2) is 16.5 Å². The van der Waals surface area contributed by atoms with Gasteiger partial charge in [0.15, 0.2) is 5.76 Å². The molecule has 1 amide bonds. The Labute approximate surface area is 114 Å². The van der Waals surface area contributed by atoms with Crippen molar-refractivity contribution in [1.29, 1.82) is 0 Å². The van der Waals surface area contributed by atoms with E-state index in [0.717, 1.165) is 18.8 Å². The molecule has 0 saturated heterocycles. The van der Waals surface area contributed by atoms with Crippen molar-refractivity contribution in [3.8, 4) is 0 Å². The molecule has 5 nitrogen and oxygen atoms in total. The quantitative estimate of drug-likeness (QED) is 0.815. The predicted octanol–water partition coefficient (Wildman–Crippen LogP) is 1.57. The van der Waals surface area contributed by atoms with Crippen LogP contribution in [0, 0.1) is 0 Å². The minimum absolute atomic E-state index is 0.0603. The van der Waals surface area contributed by atoms with E-state index < -0.39 is 0 Å². The van der Waals surface area contributed by atoms with Gasteiger partial charge in [-0.15, -0.1) is 0 Å². The van der Waals surface area contributed by atoms with E-state index in [-0.39, 0.29) is 18.6 Å². The average molecular weight is 268 g/mol. The van der Waals surface area contributed by atoms with Crippen LogP contribution in [0.3, 0.4) is 0 Å². The van der Waals surface area contributed by atoms with Crippen molar-refractivity contribution in [3.05, 3.63) is 23.7 Å². The lowest BCUT2D eigenvalue weighted by Crippen LogP contribution is -2.37. The summed E-state index contributed by atoms with van der Waals surface area (Å²) in [4.78, 5) is 15.8. The van der Waals surface area contributed by atoms with Crippen LogP contribution < -0.4 is 0 Å². The summed E-state index contributed by atoms with van der Waals surface area (Å²) in [6, 6.07) is 3.31. The third-order valence-electron chi connectivity index (χ3n) is 3.39. The van der Waals surface area contributed by atoms with E-state index in [1.165, 1.54) is 4.90 Å². The van der Waals surface area contributed by atoms with E-state index in [0.29, 0.717) is 12.3 Å². The maximum atomic E-state index is 12.1. The van der Waals surface area contributed by atoms with Crippen molar-refractivity contribution in [2.24, 2.45) is 0 Å². The molecule has 0 fully saturated rings. The first kappa shape index (κ1) is 15.7. The smallest absolute Gasteiger partial charge is 0.289 e. The average Bonchev–Trinajstić information content (AvgIpc) is 2.90. The molecule has 0 aromatic carbocycles. The molecule has 1 heterocycles. The second kappa shape index (κ2) is 7.31. The Bertz CT molecular complexity index is 399. The Balaban J connectivity index is 2.71. The van der Waals surface area contributed by atoms with Crippen LogP contribution >= 0.6 is 0 Å². The fourth-order valence-electron chi connectivity index (χ4n) is 1.74. The maximum Gasteiger partial charge on any atom is 0.289 e. The fraction of sp³-hybridized carbons (Fsp3) is 0.643. The van der Waals surface area contributed by atoms with Crippen LogP contribution in [0.5, 0.6) is 0 Å². The predicted molar refractivity (Wildman–Crippen MR) is 74.0 cm³/mol. The summed E-state index contributed by atoms with van der Waals surface area (Å²) < 4.78 is 5.58. The van der Waals surface area contributed by atoms with Crippen molar-refractivity contribution in [2.75, 3.05) is 26.7 Å². The molecule has 0 aliphatic heterocycles. The van der Waals surface area contributed by atoms with Gasteiger partial charge in [-0.25, -0.2) is 0 Å². The van der Waals surface area contributed by atoms with Crippen molar-refractivity contribution < 1.29 is 14.3 Å². The van der Waals surface area contributed by atoms with Crippen molar-refractivity contribution in [2.45, 2.75) is 33.4 Å². The Morgan fingerprint density at radius 3 is 2.53 bits per heavy atom. The van der Waals surface area contributed by atoms with Crippen LogP contribution in [-0.2, 0) is 6.54 Å². The zero-order valence-electron chi connectivity index (χ0n) is 12.2. The number of amides is 1. The zero-order valence-corrected chi connectivity index (χ0v) is 12.2. The molecule has 1 aromatic rings. The zero-order chi connectivity index (χ0) is 14.4. The summed E-state index contributed by atoms with van der Waals surface area (Å²) >= 11 is 0. The summed E-state index contributed by atoms with van der Waals surface area (Å²) in [6.45, 7) is 8.51. The second-order valence-electron chi connectivity index (χ2n) is 4.68. The van der Waals surface area contributed by atoms with Crippen LogP contribution in [0.1, 0.15) is 37.1 Å². The van der Waals surface area contributed by atoms with Gasteiger partial charge in [-0.1, -0.05) is 13.8 Å². The minimum atomic E-state index is -0.219. The van der Waals surface area contributed by atoms with Crippen molar-refractivity contribution in [1.82, 2.24) is 9.80 Å².